The predicted octanol–water partition coefficient (Wildman–Crippen LogP) is 5.10. The number of carboxylic acid groups (broad SMARTS) is 1. The van der Waals surface area contributed by atoms with Crippen LogP contribution >= 0.6 is 0 Å². The maximum absolute atomic E-state index is 12.4. The van der Waals surface area contributed by atoms with Crippen molar-refractivity contribution < 1.29 is 19.4 Å². The van der Waals surface area contributed by atoms with Crippen LogP contribution in [-0.2, 0) is 11.2 Å². The van der Waals surface area contributed by atoms with Crippen LogP contribution in [0.15, 0.2) is 42.5 Å². The Kier molecular flexibility index (Phi) is 4.96. The number of aromatic carboxylic acids is 1. The number of carboxylic acids is 1. The molecule has 0 radical (unpaired) electrons. The highest BCUT2D eigenvalue weighted by atomic mass is 16.6. The van der Waals surface area contributed by atoms with Gasteiger partial charge in [0.1, 0.15) is 6.61 Å². The number of nitrogens with one attached hydrogen (secondary N) is 1. The van der Waals surface area contributed by atoms with Crippen molar-refractivity contribution in [1.82, 2.24) is 0 Å². The van der Waals surface area contributed by atoms with Crippen LogP contribution in [0.5, 0.6) is 0 Å². The summed E-state index contributed by atoms with van der Waals surface area (Å²) in [7, 11) is 0. The van der Waals surface area contributed by atoms with Crippen molar-refractivity contribution in [2.45, 2.75) is 46.2 Å². The van der Waals surface area contributed by atoms with Crippen molar-refractivity contribution in [1.29, 1.82) is 0 Å². The van der Waals surface area contributed by atoms with Crippen LogP contribution in [0.25, 0.3) is 0 Å². The Morgan fingerprint density at radius 3 is 2.70 bits per heavy atom. The lowest BCUT2D eigenvalue weighted by atomic mass is 9.72. The summed E-state index contributed by atoms with van der Waals surface area (Å²) in [5, 5.41) is 12.9. The fourth-order valence-electron chi connectivity index (χ4n) is 4.57. The molecule has 1 unspecified atom stereocenters. The lowest BCUT2D eigenvalue weighted by Gasteiger charge is -2.41. The third kappa shape index (κ3) is 3.51. The molecule has 2 heterocycles. The van der Waals surface area contributed by atoms with E-state index in [9.17, 15) is 14.7 Å². The van der Waals surface area contributed by atoms with Gasteiger partial charge in [-0.1, -0.05) is 39.8 Å². The lowest BCUT2D eigenvalue weighted by Crippen LogP contribution is -2.38. The number of rotatable bonds is 4. The highest BCUT2D eigenvalue weighted by molar-refractivity contribution is 5.90. The van der Waals surface area contributed by atoms with E-state index in [0.717, 1.165) is 28.9 Å². The molecule has 6 heteroatoms. The number of fused-ring (bicyclic) bond motifs is 1. The van der Waals surface area contributed by atoms with Crippen LogP contribution < -0.4 is 10.2 Å². The van der Waals surface area contributed by atoms with Gasteiger partial charge < -0.3 is 15.2 Å². The molecule has 0 bridgehead atoms. The van der Waals surface area contributed by atoms with E-state index in [1.165, 1.54) is 0 Å². The van der Waals surface area contributed by atoms with E-state index in [1.54, 1.807) is 17.0 Å². The second kappa shape index (κ2) is 7.35. The summed E-state index contributed by atoms with van der Waals surface area (Å²) < 4.78 is 5.32. The Morgan fingerprint density at radius 2 is 2.00 bits per heavy atom. The lowest BCUT2D eigenvalue weighted by molar-refractivity contribution is 0.0696. The summed E-state index contributed by atoms with van der Waals surface area (Å²) in [4.78, 5) is 25.5. The van der Waals surface area contributed by atoms with Crippen molar-refractivity contribution in [3.63, 3.8) is 0 Å². The molecule has 2 aromatic carbocycles. The van der Waals surface area contributed by atoms with Crippen molar-refractivity contribution in [3.05, 3.63) is 59.2 Å². The van der Waals surface area contributed by atoms with Crippen molar-refractivity contribution in [2.24, 2.45) is 11.3 Å². The van der Waals surface area contributed by atoms with Crippen molar-refractivity contribution in [3.8, 4) is 0 Å². The second-order valence-corrected chi connectivity index (χ2v) is 9.27. The summed E-state index contributed by atoms with van der Waals surface area (Å²) in [6.45, 7) is 8.95. The number of cyclic esters (lactones) is 1. The minimum Gasteiger partial charge on any atom is -0.478 e. The second-order valence-electron chi connectivity index (χ2n) is 9.27. The van der Waals surface area contributed by atoms with E-state index >= 15 is 0 Å². The quantitative estimate of drug-likeness (QED) is 0.736. The number of anilines is 2. The van der Waals surface area contributed by atoms with Crippen LogP contribution in [-0.4, -0.2) is 29.8 Å². The predicted molar refractivity (Wildman–Crippen MR) is 116 cm³/mol. The van der Waals surface area contributed by atoms with E-state index in [-0.39, 0.29) is 23.6 Å². The zero-order valence-corrected chi connectivity index (χ0v) is 17.8. The van der Waals surface area contributed by atoms with Gasteiger partial charge in [-0.15, -0.1) is 0 Å². The van der Waals surface area contributed by atoms with Gasteiger partial charge in [-0.3, -0.25) is 4.90 Å². The van der Waals surface area contributed by atoms with Crippen molar-refractivity contribution >= 4 is 23.4 Å². The largest absolute Gasteiger partial charge is 0.478 e. The Balaban J connectivity index is 1.68. The van der Waals surface area contributed by atoms with Gasteiger partial charge in [0.05, 0.1) is 17.6 Å². The van der Waals surface area contributed by atoms with Crippen LogP contribution in [0.4, 0.5) is 16.2 Å². The summed E-state index contributed by atoms with van der Waals surface area (Å²) in [6.07, 6.45) is 0.458. The first-order chi connectivity index (χ1) is 14.2. The molecule has 0 spiro atoms. The Morgan fingerprint density at radius 1 is 1.23 bits per heavy atom. The smallest absolute Gasteiger partial charge is 0.414 e. The molecular weight excluding hydrogens is 380 g/mol. The van der Waals surface area contributed by atoms with Gasteiger partial charge in [0.25, 0.3) is 0 Å². The first-order valence-corrected chi connectivity index (χ1v) is 10.4. The minimum atomic E-state index is -0.914. The highest BCUT2D eigenvalue weighted by Crippen LogP contribution is 2.45. The topological polar surface area (TPSA) is 78.9 Å². The minimum absolute atomic E-state index is 0.0234. The van der Waals surface area contributed by atoms with Gasteiger partial charge in [0.2, 0.25) is 0 Å². The zero-order chi connectivity index (χ0) is 21.6. The summed E-state index contributed by atoms with van der Waals surface area (Å²) >= 11 is 0. The highest BCUT2D eigenvalue weighted by Gasteiger charge is 2.39. The molecule has 0 aromatic heterocycles. The molecular formula is C24H28N2O4. The molecule has 4 rings (SSSR count). The molecule has 0 saturated carbocycles. The van der Waals surface area contributed by atoms with Gasteiger partial charge >= 0.3 is 12.1 Å². The Bertz CT molecular complexity index is 998. The fourth-order valence-corrected chi connectivity index (χ4v) is 4.57. The van der Waals surface area contributed by atoms with Gasteiger partial charge in [0.15, 0.2) is 0 Å². The van der Waals surface area contributed by atoms with E-state index in [0.29, 0.717) is 18.1 Å². The number of ether oxygens (including phenoxy) is 1. The molecule has 2 aliphatic heterocycles. The van der Waals surface area contributed by atoms with Gasteiger partial charge in [0, 0.05) is 11.4 Å². The number of amides is 1. The summed E-state index contributed by atoms with van der Waals surface area (Å²) in [5.74, 6) is -0.623. The molecule has 1 saturated heterocycles. The molecule has 2 N–H and O–H groups in total. The maximum atomic E-state index is 12.4. The molecule has 1 amide bonds. The van der Waals surface area contributed by atoms with Crippen LogP contribution in [0.2, 0.25) is 0 Å². The van der Waals surface area contributed by atoms with E-state index < -0.39 is 5.97 Å². The third-order valence-electron chi connectivity index (χ3n) is 6.24. The SMILES string of the molecule is CC(C)[C@H]1COC(=O)N1c1cccc(C2Nc3ccc(C(=O)O)cc3CC2(C)C)c1. The standard InChI is InChI=1S/C24H28N2O4/c1-14(2)20-13-30-23(29)26(20)18-7-5-6-15(11-18)21-24(3,4)12-17-10-16(22(27)28)8-9-19(17)25-21/h5-11,14,20-21,25H,12-13H2,1-4H3,(H,27,28)/t20-,21?/m1/s1. The van der Waals surface area contributed by atoms with E-state index in [2.05, 4.69) is 45.1 Å². The third-order valence-corrected chi connectivity index (χ3v) is 6.24. The molecule has 2 aromatic rings. The molecule has 1 fully saturated rings. The monoisotopic (exact) mass is 408 g/mol. The number of nitrogens with zero attached hydrogens (tertiary/aromatic N) is 1. The van der Waals surface area contributed by atoms with Gasteiger partial charge in [-0.25, -0.2) is 9.59 Å². The van der Waals surface area contributed by atoms with Crippen molar-refractivity contribution in [2.75, 3.05) is 16.8 Å². The van der Waals surface area contributed by atoms with Gasteiger partial charge in [-0.2, -0.15) is 0 Å². The average molecular weight is 408 g/mol. The number of carbonyl (C=O) groups excluding carboxylic acids is 1. The number of hydrogen-bond acceptors (Lipinski definition) is 4. The molecule has 6 nitrogen and oxygen atoms in total. The number of benzene rings is 2. The number of carbonyl (C=O) groups is 2. The van der Waals surface area contributed by atoms with Crippen LogP contribution in [0.1, 0.15) is 55.2 Å². The molecule has 2 aliphatic rings. The van der Waals surface area contributed by atoms with Crippen LogP contribution in [0, 0.1) is 11.3 Å². The van der Waals surface area contributed by atoms with Gasteiger partial charge in [-0.05, 0) is 59.2 Å². The van der Waals surface area contributed by atoms with Crippen LogP contribution in [0.3, 0.4) is 0 Å². The molecule has 0 aliphatic carbocycles. The summed E-state index contributed by atoms with van der Waals surface area (Å²) in [6, 6.07) is 13.4. The number of hydrogen-bond donors (Lipinski definition) is 2. The maximum Gasteiger partial charge on any atom is 0.414 e. The summed E-state index contributed by atoms with van der Waals surface area (Å²) in [5.41, 5.74) is 4.06. The Hall–Kier alpha value is -3.02. The van der Waals surface area contributed by atoms with E-state index in [4.69, 9.17) is 4.74 Å². The Labute approximate surface area is 176 Å². The first kappa shape index (κ1) is 20.3. The first-order valence-electron chi connectivity index (χ1n) is 10.4. The zero-order valence-electron chi connectivity index (χ0n) is 17.8. The fraction of sp³-hybridized carbons (Fsp3) is 0.417. The molecule has 2 atom stereocenters. The molecule has 158 valence electrons. The molecule has 30 heavy (non-hydrogen) atoms. The normalized spacial score (nSPS) is 22.4. The van der Waals surface area contributed by atoms with E-state index in [1.807, 2.05) is 18.2 Å². The average Bonchev–Trinajstić information content (AvgIpc) is 3.08.